The molecule has 0 radical (unpaired) electrons. The van der Waals surface area contributed by atoms with Crippen LogP contribution in [0.15, 0.2) is 42.7 Å². The predicted molar refractivity (Wildman–Crippen MR) is 95.5 cm³/mol. The van der Waals surface area contributed by atoms with Crippen molar-refractivity contribution in [3.05, 3.63) is 54.1 Å². The molecule has 0 atom stereocenters. The van der Waals surface area contributed by atoms with Gasteiger partial charge in [0.05, 0.1) is 5.52 Å². The second kappa shape index (κ2) is 5.91. The molecule has 0 aliphatic carbocycles. The van der Waals surface area contributed by atoms with Gasteiger partial charge < -0.3 is 14.4 Å². The van der Waals surface area contributed by atoms with Crippen molar-refractivity contribution in [3.8, 4) is 5.82 Å². The van der Waals surface area contributed by atoms with E-state index in [4.69, 9.17) is 0 Å². The number of aryl methyl sites for hydroxylation is 1. The predicted octanol–water partition coefficient (Wildman–Crippen LogP) is 3.22. The lowest BCUT2D eigenvalue weighted by Crippen LogP contribution is -2.44. The molecule has 1 aliphatic heterocycles. The number of halogens is 1. The third-order valence-electron chi connectivity index (χ3n) is 4.84. The molecule has 0 spiro atoms. The molecule has 4 rings (SSSR count). The van der Waals surface area contributed by atoms with Crippen LogP contribution in [0.5, 0.6) is 0 Å². The van der Waals surface area contributed by atoms with Crippen LogP contribution >= 0.6 is 0 Å². The zero-order valence-electron chi connectivity index (χ0n) is 14.0. The molecule has 24 heavy (non-hydrogen) atoms. The lowest BCUT2D eigenvalue weighted by Gasteiger charge is -2.34. The molecule has 5 heteroatoms. The van der Waals surface area contributed by atoms with Gasteiger partial charge in [0.1, 0.15) is 11.6 Å². The number of rotatable bonds is 2. The maximum atomic E-state index is 14.1. The Balaban J connectivity index is 1.75. The second-order valence-corrected chi connectivity index (χ2v) is 6.47. The van der Waals surface area contributed by atoms with Gasteiger partial charge in [-0.2, -0.15) is 0 Å². The van der Waals surface area contributed by atoms with Gasteiger partial charge in [0, 0.05) is 55.7 Å². The summed E-state index contributed by atoms with van der Waals surface area (Å²) in [5.74, 6) is 0.639. The lowest BCUT2D eigenvalue weighted by molar-refractivity contribution is 0.313. The summed E-state index contributed by atoms with van der Waals surface area (Å²) in [6.45, 7) is 6.16. The molecule has 1 aromatic carbocycles. The third-order valence-corrected chi connectivity index (χ3v) is 4.84. The van der Waals surface area contributed by atoms with E-state index >= 15 is 0 Å². The van der Waals surface area contributed by atoms with Crippen molar-refractivity contribution in [2.24, 2.45) is 0 Å². The number of likely N-dealkylation sites (N-methyl/N-ethyl adjacent to an activating group) is 1. The molecule has 4 nitrogen and oxygen atoms in total. The van der Waals surface area contributed by atoms with Gasteiger partial charge in [-0.1, -0.05) is 6.07 Å². The fourth-order valence-corrected chi connectivity index (χ4v) is 3.39. The Morgan fingerprint density at radius 1 is 1.04 bits per heavy atom. The molecule has 0 bridgehead atoms. The standard InChI is InChI=1S/C19H21FN4/c1-14-3-4-17(20)16-6-8-24(19(14)16)18-13-15(5-7-21-18)23-11-9-22(2)10-12-23/h3-8,13H,9-12H2,1-2H3. The number of aromatic nitrogens is 2. The summed E-state index contributed by atoms with van der Waals surface area (Å²) in [6.07, 6.45) is 3.74. The summed E-state index contributed by atoms with van der Waals surface area (Å²) < 4.78 is 16.0. The van der Waals surface area contributed by atoms with E-state index in [9.17, 15) is 4.39 Å². The lowest BCUT2D eigenvalue weighted by atomic mass is 10.1. The average Bonchev–Trinajstić information content (AvgIpc) is 3.05. The quantitative estimate of drug-likeness (QED) is 0.723. The van der Waals surface area contributed by atoms with E-state index in [1.165, 1.54) is 11.8 Å². The summed E-state index contributed by atoms with van der Waals surface area (Å²) >= 11 is 0. The van der Waals surface area contributed by atoms with Crippen molar-refractivity contribution in [2.75, 3.05) is 38.1 Å². The highest BCUT2D eigenvalue weighted by molar-refractivity contribution is 5.85. The molecule has 0 unspecified atom stereocenters. The molecule has 124 valence electrons. The van der Waals surface area contributed by atoms with Gasteiger partial charge in [0.2, 0.25) is 0 Å². The Labute approximate surface area is 141 Å². The minimum Gasteiger partial charge on any atom is -0.369 e. The van der Waals surface area contributed by atoms with Crippen molar-refractivity contribution in [2.45, 2.75) is 6.92 Å². The third kappa shape index (κ3) is 2.55. The van der Waals surface area contributed by atoms with Gasteiger partial charge in [0.25, 0.3) is 0 Å². The number of benzene rings is 1. The maximum Gasteiger partial charge on any atom is 0.139 e. The van der Waals surface area contributed by atoms with E-state index in [0.29, 0.717) is 5.39 Å². The van der Waals surface area contributed by atoms with Crippen LogP contribution in [0, 0.1) is 12.7 Å². The number of pyridine rings is 1. The Bertz CT molecular complexity index is 878. The molecular formula is C19H21FN4. The molecule has 0 saturated carbocycles. The fourth-order valence-electron chi connectivity index (χ4n) is 3.39. The zero-order valence-corrected chi connectivity index (χ0v) is 14.0. The number of hydrogen-bond donors (Lipinski definition) is 0. The first-order valence-corrected chi connectivity index (χ1v) is 8.29. The van der Waals surface area contributed by atoms with Crippen LogP contribution in [-0.4, -0.2) is 47.7 Å². The molecule has 3 aromatic rings. The molecule has 1 fully saturated rings. The topological polar surface area (TPSA) is 24.3 Å². The van der Waals surface area contributed by atoms with Crippen LogP contribution in [0.1, 0.15) is 5.56 Å². The van der Waals surface area contributed by atoms with Gasteiger partial charge in [-0.05, 0) is 37.7 Å². The smallest absolute Gasteiger partial charge is 0.139 e. The highest BCUT2D eigenvalue weighted by atomic mass is 19.1. The first-order chi connectivity index (χ1) is 11.6. The molecule has 0 amide bonds. The van der Waals surface area contributed by atoms with E-state index in [0.717, 1.165) is 43.1 Å². The first kappa shape index (κ1) is 15.1. The summed E-state index contributed by atoms with van der Waals surface area (Å²) in [7, 11) is 2.15. The summed E-state index contributed by atoms with van der Waals surface area (Å²) in [5.41, 5.74) is 3.10. The fraction of sp³-hybridized carbons (Fsp3) is 0.316. The molecule has 2 aromatic heterocycles. The largest absolute Gasteiger partial charge is 0.369 e. The minimum absolute atomic E-state index is 0.190. The number of piperazine rings is 1. The van der Waals surface area contributed by atoms with E-state index < -0.39 is 0 Å². The average molecular weight is 324 g/mol. The van der Waals surface area contributed by atoms with Crippen LogP contribution in [0.3, 0.4) is 0 Å². The minimum atomic E-state index is -0.190. The monoisotopic (exact) mass is 324 g/mol. The maximum absolute atomic E-state index is 14.1. The van der Waals surface area contributed by atoms with Crippen LogP contribution in [-0.2, 0) is 0 Å². The molecular weight excluding hydrogens is 303 g/mol. The molecule has 3 heterocycles. The van der Waals surface area contributed by atoms with Crippen LogP contribution < -0.4 is 4.90 Å². The SMILES string of the molecule is Cc1ccc(F)c2ccn(-c3cc(N4CCN(C)CC4)ccn3)c12. The van der Waals surface area contributed by atoms with Crippen LogP contribution in [0.25, 0.3) is 16.7 Å². The number of nitrogens with zero attached hydrogens (tertiary/aromatic N) is 4. The summed E-state index contributed by atoms with van der Waals surface area (Å²) in [4.78, 5) is 9.23. The molecule has 1 aliphatic rings. The first-order valence-electron chi connectivity index (χ1n) is 8.29. The molecule has 1 saturated heterocycles. The number of hydrogen-bond acceptors (Lipinski definition) is 3. The van der Waals surface area contributed by atoms with Crippen LogP contribution in [0.4, 0.5) is 10.1 Å². The van der Waals surface area contributed by atoms with Crippen molar-refractivity contribution < 1.29 is 4.39 Å². The van der Waals surface area contributed by atoms with Crippen molar-refractivity contribution in [1.29, 1.82) is 0 Å². The van der Waals surface area contributed by atoms with Crippen molar-refractivity contribution >= 4 is 16.6 Å². The van der Waals surface area contributed by atoms with Gasteiger partial charge in [0.15, 0.2) is 0 Å². The number of fused-ring (bicyclic) bond motifs is 1. The van der Waals surface area contributed by atoms with Crippen LogP contribution in [0.2, 0.25) is 0 Å². The summed E-state index contributed by atoms with van der Waals surface area (Å²) in [6, 6.07) is 9.31. The Morgan fingerprint density at radius 3 is 2.62 bits per heavy atom. The van der Waals surface area contributed by atoms with Gasteiger partial charge in [-0.25, -0.2) is 9.37 Å². The molecule has 0 N–H and O–H groups in total. The normalized spacial score (nSPS) is 16.0. The number of anilines is 1. The van der Waals surface area contributed by atoms with Crippen molar-refractivity contribution in [3.63, 3.8) is 0 Å². The summed E-state index contributed by atoms with van der Waals surface area (Å²) in [5, 5.41) is 0.641. The van der Waals surface area contributed by atoms with E-state index in [-0.39, 0.29) is 5.82 Å². The van der Waals surface area contributed by atoms with E-state index in [1.54, 1.807) is 0 Å². The van der Waals surface area contributed by atoms with Gasteiger partial charge >= 0.3 is 0 Å². The van der Waals surface area contributed by atoms with Gasteiger partial charge in [-0.3, -0.25) is 0 Å². The second-order valence-electron chi connectivity index (χ2n) is 6.47. The highest BCUT2D eigenvalue weighted by Crippen LogP contribution is 2.27. The van der Waals surface area contributed by atoms with Gasteiger partial charge in [-0.15, -0.1) is 0 Å². The Kier molecular flexibility index (Phi) is 3.73. The zero-order chi connectivity index (χ0) is 16.7. The Hall–Kier alpha value is -2.40. The van der Waals surface area contributed by atoms with E-state index in [1.807, 2.05) is 42.1 Å². The van der Waals surface area contributed by atoms with E-state index in [2.05, 4.69) is 27.9 Å². The van der Waals surface area contributed by atoms with Crippen molar-refractivity contribution in [1.82, 2.24) is 14.5 Å². The Morgan fingerprint density at radius 2 is 1.83 bits per heavy atom. The highest BCUT2D eigenvalue weighted by Gasteiger charge is 2.16.